The Hall–Kier alpha value is -4.12. The Morgan fingerprint density at radius 2 is 1.81 bits per heavy atom. The Morgan fingerprint density at radius 1 is 1.03 bits per heavy atom. The molecule has 4 rings (SSSR count). The van der Waals surface area contributed by atoms with Gasteiger partial charge >= 0.3 is 5.69 Å². The van der Waals surface area contributed by atoms with Crippen molar-refractivity contribution in [3.63, 3.8) is 0 Å². The van der Waals surface area contributed by atoms with Crippen LogP contribution in [0.3, 0.4) is 0 Å². The molecular weight excluding hydrogens is 478 g/mol. The number of anilines is 3. The molecule has 0 aliphatic rings. The van der Waals surface area contributed by atoms with Crippen LogP contribution in [0.4, 0.5) is 23.0 Å². The van der Waals surface area contributed by atoms with E-state index in [2.05, 4.69) is 47.1 Å². The lowest BCUT2D eigenvalue weighted by atomic mass is 10.1. The maximum absolute atomic E-state index is 12.4. The molecule has 0 aliphatic heterocycles. The maximum Gasteiger partial charge on any atom is 0.355 e. The minimum absolute atomic E-state index is 0.0431. The fraction of sp³-hybridized carbons (Fsp3) is 0.0476. The molecule has 2 aromatic carbocycles. The highest BCUT2D eigenvalue weighted by molar-refractivity contribution is 9.10. The molecule has 2 aromatic heterocycles. The van der Waals surface area contributed by atoms with Crippen LogP contribution in [-0.2, 0) is 0 Å². The molecule has 3 N–H and O–H groups in total. The average Bonchev–Trinajstić information content (AvgIpc) is 2.78. The molecule has 0 bridgehead atoms. The van der Waals surface area contributed by atoms with Crippen LogP contribution in [0.2, 0.25) is 0 Å². The number of carbonyl (C=O) groups is 1. The zero-order valence-electron chi connectivity index (χ0n) is 16.7. The van der Waals surface area contributed by atoms with Gasteiger partial charge in [0.15, 0.2) is 0 Å². The van der Waals surface area contributed by atoms with E-state index in [9.17, 15) is 14.9 Å². The number of benzene rings is 2. The van der Waals surface area contributed by atoms with Gasteiger partial charge in [-0.1, -0.05) is 30.3 Å². The normalized spacial score (nSPS) is 10.6. The number of carbonyl (C=O) groups excluding carboxylic acids is 1. The first-order valence-corrected chi connectivity index (χ1v) is 10.2. The first-order valence-electron chi connectivity index (χ1n) is 9.37. The summed E-state index contributed by atoms with van der Waals surface area (Å²) < 4.78 is 0.581. The van der Waals surface area contributed by atoms with E-state index in [4.69, 9.17) is 0 Å². The van der Waals surface area contributed by atoms with Gasteiger partial charge in [0.25, 0.3) is 5.91 Å². The molecule has 0 saturated heterocycles. The third-order valence-corrected chi connectivity index (χ3v) is 5.22. The van der Waals surface area contributed by atoms with Gasteiger partial charge in [0.2, 0.25) is 11.6 Å². The van der Waals surface area contributed by atoms with Gasteiger partial charge in [-0.3, -0.25) is 30.7 Å². The first-order chi connectivity index (χ1) is 15.4. The van der Waals surface area contributed by atoms with E-state index < -0.39 is 16.5 Å². The smallest absolute Gasteiger partial charge is 0.332 e. The standard InChI is InChI=1S/C21H16BrN7O3/c1-12-9-10-13-5-4-8-16(17(13)25-12)26-19-18(29(31)32)20(24-11-23-19)27-28-21(30)14-6-2-3-7-15(14)22/h2-11H,1H3,(H,28,30)(H2,23,24,26,27). The highest BCUT2D eigenvalue weighted by Gasteiger charge is 2.24. The second-order valence-corrected chi connectivity index (χ2v) is 7.54. The lowest BCUT2D eigenvalue weighted by Crippen LogP contribution is -2.30. The Morgan fingerprint density at radius 3 is 2.59 bits per heavy atom. The largest absolute Gasteiger partial charge is 0.355 e. The van der Waals surface area contributed by atoms with Crippen molar-refractivity contribution < 1.29 is 9.72 Å². The maximum atomic E-state index is 12.4. The molecule has 4 aromatic rings. The number of para-hydroxylation sites is 1. The summed E-state index contributed by atoms with van der Waals surface area (Å²) in [5, 5.41) is 15.7. The molecule has 11 heteroatoms. The summed E-state index contributed by atoms with van der Waals surface area (Å²) in [6.45, 7) is 1.86. The van der Waals surface area contributed by atoms with E-state index in [0.717, 1.165) is 17.4 Å². The van der Waals surface area contributed by atoms with Crippen LogP contribution in [0.25, 0.3) is 10.9 Å². The number of nitrogens with one attached hydrogen (secondary N) is 3. The predicted octanol–water partition coefficient (Wildman–Crippen LogP) is 4.50. The van der Waals surface area contributed by atoms with Crippen LogP contribution in [0.5, 0.6) is 0 Å². The number of pyridine rings is 1. The molecule has 0 unspecified atom stereocenters. The minimum atomic E-state index is -0.626. The second kappa shape index (κ2) is 8.94. The fourth-order valence-electron chi connectivity index (χ4n) is 3.04. The van der Waals surface area contributed by atoms with Crippen molar-refractivity contribution in [2.24, 2.45) is 0 Å². The molecule has 0 saturated carbocycles. The number of aryl methyl sites for hydroxylation is 1. The van der Waals surface area contributed by atoms with Crippen LogP contribution >= 0.6 is 15.9 Å². The molecule has 10 nitrogen and oxygen atoms in total. The Labute approximate surface area is 190 Å². The summed E-state index contributed by atoms with van der Waals surface area (Å²) in [6.07, 6.45) is 1.16. The van der Waals surface area contributed by atoms with E-state index in [1.807, 2.05) is 31.2 Å². The number of rotatable bonds is 6. The average molecular weight is 494 g/mol. The number of amides is 1. The molecule has 1 amide bonds. The highest BCUT2D eigenvalue weighted by atomic mass is 79.9. The van der Waals surface area contributed by atoms with Crippen LogP contribution < -0.4 is 16.2 Å². The molecule has 32 heavy (non-hydrogen) atoms. The molecule has 0 radical (unpaired) electrons. The fourth-order valence-corrected chi connectivity index (χ4v) is 3.50. The summed E-state index contributed by atoms with van der Waals surface area (Å²) in [7, 11) is 0. The van der Waals surface area contributed by atoms with Gasteiger partial charge in [0, 0.05) is 15.6 Å². The summed E-state index contributed by atoms with van der Waals surface area (Å²) in [5.41, 5.74) is 6.89. The summed E-state index contributed by atoms with van der Waals surface area (Å²) in [6, 6.07) is 16.1. The lowest BCUT2D eigenvalue weighted by molar-refractivity contribution is -0.383. The van der Waals surface area contributed by atoms with Gasteiger partial charge in [0.1, 0.15) is 6.33 Å². The van der Waals surface area contributed by atoms with E-state index in [0.29, 0.717) is 21.2 Å². The van der Waals surface area contributed by atoms with Gasteiger partial charge in [0.05, 0.1) is 21.7 Å². The van der Waals surface area contributed by atoms with Gasteiger partial charge in [-0.15, -0.1) is 0 Å². The Kier molecular flexibility index (Phi) is 5.90. The number of hydrogen-bond donors (Lipinski definition) is 3. The summed E-state index contributed by atoms with van der Waals surface area (Å²) in [5.74, 6) is -0.704. The van der Waals surface area contributed by atoms with Gasteiger partial charge < -0.3 is 5.32 Å². The molecular formula is C21H16BrN7O3. The highest BCUT2D eigenvalue weighted by Crippen LogP contribution is 2.33. The third-order valence-electron chi connectivity index (χ3n) is 4.53. The van der Waals surface area contributed by atoms with Gasteiger partial charge in [-0.25, -0.2) is 9.97 Å². The SMILES string of the molecule is Cc1ccc2cccc(Nc3ncnc(NNC(=O)c4ccccc4Br)c3[N+](=O)[O-])c2n1. The van der Waals surface area contributed by atoms with Gasteiger partial charge in [-0.05, 0) is 47.1 Å². The van der Waals surface area contributed by atoms with Crippen molar-refractivity contribution in [1.29, 1.82) is 0 Å². The van der Waals surface area contributed by atoms with Crippen molar-refractivity contribution in [2.45, 2.75) is 6.92 Å². The quantitative estimate of drug-likeness (QED) is 0.263. The van der Waals surface area contributed by atoms with Crippen molar-refractivity contribution in [1.82, 2.24) is 20.4 Å². The number of fused-ring (bicyclic) bond motifs is 1. The van der Waals surface area contributed by atoms with Crippen LogP contribution in [0.15, 0.2) is 65.4 Å². The summed E-state index contributed by atoms with van der Waals surface area (Å²) >= 11 is 3.30. The lowest BCUT2D eigenvalue weighted by Gasteiger charge is -2.12. The van der Waals surface area contributed by atoms with Crippen molar-refractivity contribution in [3.8, 4) is 0 Å². The third kappa shape index (κ3) is 4.32. The first kappa shape index (κ1) is 21.1. The van der Waals surface area contributed by atoms with E-state index in [-0.39, 0.29) is 11.6 Å². The van der Waals surface area contributed by atoms with Crippen LogP contribution in [-0.4, -0.2) is 25.8 Å². The molecule has 0 atom stereocenters. The number of halogens is 1. The zero-order valence-corrected chi connectivity index (χ0v) is 18.3. The summed E-state index contributed by atoms with van der Waals surface area (Å²) in [4.78, 5) is 36.1. The Balaban J connectivity index is 1.65. The zero-order chi connectivity index (χ0) is 22.7. The molecule has 160 valence electrons. The van der Waals surface area contributed by atoms with E-state index in [1.54, 1.807) is 30.3 Å². The van der Waals surface area contributed by atoms with Crippen molar-refractivity contribution >= 4 is 55.8 Å². The number of nitrogens with zero attached hydrogens (tertiary/aromatic N) is 4. The topological polar surface area (TPSA) is 135 Å². The van der Waals surface area contributed by atoms with Crippen LogP contribution in [0, 0.1) is 17.0 Å². The van der Waals surface area contributed by atoms with Crippen molar-refractivity contribution in [2.75, 3.05) is 10.7 Å². The van der Waals surface area contributed by atoms with Gasteiger partial charge in [-0.2, -0.15) is 0 Å². The molecule has 0 spiro atoms. The molecule has 0 fully saturated rings. The predicted molar refractivity (Wildman–Crippen MR) is 124 cm³/mol. The number of hydrazine groups is 1. The number of nitro groups is 1. The van der Waals surface area contributed by atoms with E-state index in [1.165, 1.54) is 0 Å². The molecule has 2 heterocycles. The minimum Gasteiger partial charge on any atom is -0.332 e. The van der Waals surface area contributed by atoms with Crippen LogP contribution in [0.1, 0.15) is 16.1 Å². The number of aromatic nitrogens is 3. The van der Waals surface area contributed by atoms with Crippen molar-refractivity contribution in [3.05, 3.63) is 86.8 Å². The van der Waals surface area contributed by atoms with E-state index >= 15 is 0 Å². The Bertz CT molecular complexity index is 1350. The second-order valence-electron chi connectivity index (χ2n) is 6.69. The molecule has 0 aliphatic carbocycles. The monoisotopic (exact) mass is 493 g/mol. The number of hydrogen-bond acceptors (Lipinski definition) is 8.